The molecule has 0 fully saturated rings. The lowest BCUT2D eigenvalue weighted by Gasteiger charge is -2.17. The van der Waals surface area contributed by atoms with E-state index in [4.69, 9.17) is 10.5 Å². The van der Waals surface area contributed by atoms with Crippen molar-refractivity contribution in [3.8, 4) is 5.75 Å². The molecule has 5 heteroatoms. The smallest absolute Gasteiger partial charge is 0.251 e. The number of carbonyl (C=O) groups excluding carboxylic acids is 1. The number of aliphatic hydroxyl groups excluding tert-OH is 1. The molecular weight excluding hydrogens is 268 g/mol. The predicted octanol–water partition coefficient (Wildman–Crippen LogP) is 1.74. The van der Waals surface area contributed by atoms with Gasteiger partial charge in [-0.1, -0.05) is 30.3 Å². The maximum Gasteiger partial charge on any atom is 0.251 e. The number of nitrogens with two attached hydrogens (primary N) is 1. The Balaban J connectivity index is 2.16. The second-order valence-corrected chi connectivity index (χ2v) is 4.58. The summed E-state index contributed by atoms with van der Waals surface area (Å²) in [4.78, 5) is 12.2. The Kier molecular flexibility index (Phi) is 4.79. The van der Waals surface area contributed by atoms with Gasteiger partial charge in [-0.15, -0.1) is 0 Å². The van der Waals surface area contributed by atoms with Crippen molar-refractivity contribution in [2.75, 3.05) is 19.5 Å². The third-order valence-electron chi connectivity index (χ3n) is 3.19. The van der Waals surface area contributed by atoms with Gasteiger partial charge in [0.1, 0.15) is 5.75 Å². The van der Waals surface area contributed by atoms with Crippen molar-refractivity contribution in [3.05, 3.63) is 59.7 Å². The number of methoxy groups -OCH3 is 1. The number of hydrogen-bond acceptors (Lipinski definition) is 4. The SMILES string of the molecule is COc1cc(C(=O)NC(CO)c2ccccc2)ccc1N. The topological polar surface area (TPSA) is 84.6 Å². The summed E-state index contributed by atoms with van der Waals surface area (Å²) in [5.41, 5.74) is 7.46. The number of hydrogen-bond donors (Lipinski definition) is 3. The van der Waals surface area contributed by atoms with E-state index in [1.54, 1.807) is 18.2 Å². The highest BCUT2D eigenvalue weighted by molar-refractivity contribution is 5.95. The molecule has 0 bridgehead atoms. The number of ether oxygens (including phenoxy) is 1. The molecule has 0 saturated heterocycles. The number of amides is 1. The normalized spacial score (nSPS) is 11.7. The molecule has 0 aliphatic rings. The highest BCUT2D eigenvalue weighted by Gasteiger charge is 2.15. The number of anilines is 1. The van der Waals surface area contributed by atoms with Crippen molar-refractivity contribution < 1.29 is 14.6 Å². The fourth-order valence-corrected chi connectivity index (χ4v) is 2.01. The van der Waals surface area contributed by atoms with Crippen LogP contribution in [0, 0.1) is 0 Å². The van der Waals surface area contributed by atoms with Gasteiger partial charge < -0.3 is 20.9 Å². The Morgan fingerprint density at radius 2 is 2.00 bits per heavy atom. The van der Waals surface area contributed by atoms with Crippen LogP contribution >= 0.6 is 0 Å². The summed E-state index contributed by atoms with van der Waals surface area (Å²) in [5.74, 6) is 0.152. The Hall–Kier alpha value is -2.53. The first-order valence-corrected chi connectivity index (χ1v) is 6.56. The summed E-state index contributed by atoms with van der Waals surface area (Å²) in [6, 6.07) is 13.6. The molecule has 4 N–H and O–H groups in total. The second-order valence-electron chi connectivity index (χ2n) is 4.58. The highest BCUT2D eigenvalue weighted by atomic mass is 16.5. The summed E-state index contributed by atoms with van der Waals surface area (Å²) in [5, 5.41) is 12.2. The molecule has 1 unspecified atom stereocenters. The van der Waals surface area contributed by atoms with Gasteiger partial charge in [0.05, 0.1) is 25.4 Å². The third-order valence-corrected chi connectivity index (χ3v) is 3.19. The molecular formula is C16H18N2O3. The fourth-order valence-electron chi connectivity index (χ4n) is 2.01. The van der Waals surface area contributed by atoms with Crippen molar-refractivity contribution in [2.24, 2.45) is 0 Å². The number of aliphatic hydroxyl groups is 1. The summed E-state index contributed by atoms with van der Waals surface area (Å²) >= 11 is 0. The van der Waals surface area contributed by atoms with Crippen LogP contribution in [0.15, 0.2) is 48.5 Å². The molecule has 2 aromatic carbocycles. The molecule has 2 rings (SSSR count). The summed E-state index contributed by atoms with van der Waals surface area (Å²) in [6.07, 6.45) is 0. The van der Waals surface area contributed by atoms with E-state index in [9.17, 15) is 9.90 Å². The van der Waals surface area contributed by atoms with Gasteiger partial charge in [0.25, 0.3) is 5.91 Å². The van der Waals surface area contributed by atoms with Gasteiger partial charge in [-0.2, -0.15) is 0 Å². The van der Waals surface area contributed by atoms with E-state index in [-0.39, 0.29) is 12.5 Å². The van der Waals surface area contributed by atoms with Crippen LogP contribution < -0.4 is 15.8 Å². The molecule has 0 aromatic heterocycles. The molecule has 0 spiro atoms. The van der Waals surface area contributed by atoms with E-state index in [0.29, 0.717) is 17.0 Å². The Bertz CT molecular complexity index is 614. The van der Waals surface area contributed by atoms with Crippen LogP contribution in [0.1, 0.15) is 22.0 Å². The van der Waals surface area contributed by atoms with E-state index >= 15 is 0 Å². The number of benzene rings is 2. The molecule has 1 atom stereocenters. The lowest BCUT2D eigenvalue weighted by molar-refractivity contribution is 0.0916. The minimum atomic E-state index is -0.456. The molecule has 0 aliphatic heterocycles. The van der Waals surface area contributed by atoms with Crippen molar-refractivity contribution in [3.63, 3.8) is 0 Å². The number of carbonyl (C=O) groups is 1. The van der Waals surface area contributed by atoms with Gasteiger partial charge in [-0.25, -0.2) is 0 Å². The van der Waals surface area contributed by atoms with Gasteiger partial charge in [-0.3, -0.25) is 4.79 Å². The molecule has 5 nitrogen and oxygen atoms in total. The van der Waals surface area contributed by atoms with Gasteiger partial charge in [0.15, 0.2) is 0 Å². The summed E-state index contributed by atoms with van der Waals surface area (Å²) in [7, 11) is 1.49. The largest absolute Gasteiger partial charge is 0.495 e. The lowest BCUT2D eigenvalue weighted by Crippen LogP contribution is -2.30. The number of rotatable bonds is 5. The van der Waals surface area contributed by atoms with Gasteiger partial charge >= 0.3 is 0 Å². The first kappa shape index (κ1) is 14.9. The minimum absolute atomic E-state index is 0.179. The summed E-state index contributed by atoms with van der Waals surface area (Å²) in [6.45, 7) is -0.179. The minimum Gasteiger partial charge on any atom is -0.495 e. The molecule has 0 radical (unpaired) electrons. The van der Waals surface area contributed by atoms with Crippen LogP contribution in [0.3, 0.4) is 0 Å². The van der Waals surface area contributed by atoms with Crippen molar-refractivity contribution in [1.82, 2.24) is 5.32 Å². The zero-order chi connectivity index (χ0) is 15.2. The molecule has 2 aromatic rings. The quantitative estimate of drug-likeness (QED) is 0.731. The molecule has 1 amide bonds. The van der Waals surface area contributed by atoms with Crippen LogP contribution in [0.25, 0.3) is 0 Å². The van der Waals surface area contributed by atoms with Crippen LogP contribution in [-0.4, -0.2) is 24.7 Å². The number of nitrogen functional groups attached to an aromatic ring is 1. The molecule has 0 heterocycles. The van der Waals surface area contributed by atoms with Crippen LogP contribution in [-0.2, 0) is 0 Å². The average Bonchev–Trinajstić information content (AvgIpc) is 2.53. The predicted molar refractivity (Wildman–Crippen MR) is 81.1 cm³/mol. The lowest BCUT2D eigenvalue weighted by atomic mass is 10.1. The standard InChI is InChI=1S/C16H18N2O3/c1-21-15-9-12(7-8-13(15)17)16(20)18-14(10-19)11-5-3-2-4-6-11/h2-9,14,19H,10,17H2,1H3,(H,18,20). The molecule has 0 aliphatic carbocycles. The molecule has 21 heavy (non-hydrogen) atoms. The Labute approximate surface area is 123 Å². The maximum atomic E-state index is 12.2. The fraction of sp³-hybridized carbons (Fsp3) is 0.188. The average molecular weight is 286 g/mol. The molecule has 110 valence electrons. The monoisotopic (exact) mass is 286 g/mol. The molecule has 0 saturated carbocycles. The summed E-state index contributed by atoms with van der Waals surface area (Å²) < 4.78 is 5.10. The first-order valence-electron chi connectivity index (χ1n) is 6.56. The van der Waals surface area contributed by atoms with E-state index < -0.39 is 6.04 Å². The third kappa shape index (κ3) is 3.52. The van der Waals surface area contributed by atoms with Gasteiger partial charge in [0.2, 0.25) is 0 Å². The van der Waals surface area contributed by atoms with Crippen molar-refractivity contribution in [1.29, 1.82) is 0 Å². The van der Waals surface area contributed by atoms with E-state index in [1.807, 2.05) is 30.3 Å². The van der Waals surface area contributed by atoms with E-state index in [1.165, 1.54) is 7.11 Å². The number of nitrogens with one attached hydrogen (secondary N) is 1. The van der Waals surface area contributed by atoms with Gasteiger partial charge in [-0.05, 0) is 23.8 Å². The maximum absolute atomic E-state index is 12.2. The van der Waals surface area contributed by atoms with Crippen molar-refractivity contribution >= 4 is 11.6 Å². The zero-order valence-corrected chi connectivity index (χ0v) is 11.7. The van der Waals surface area contributed by atoms with Crippen LogP contribution in [0.2, 0.25) is 0 Å². The van der Waals surface area contributed by atoms with E-state index in [2.05, 4.69) is 5.32 Å². The Morgan fingerprint density at radius 3 is 2.62 bits per heavy atom. The van der Waals surface area contributed by atoms with Crippen LogP contribution in [0.5, 0.6) is 5.75 Å². The highest BCUT2D eigenvalue weighted by Crippen LogP contribution is 2.22. The van der Waals surface area contributed by atoms with Crippen molar-refractivity contribution in [2.45, 2.75) is 6.04 Å². The Morgan fingerprint density at radius 1 is 1.29 bits per heavy atom. The van der Waals surface area contributed by atoms with Crippen LogP contribution in [0.4, 0.5) is 5.69 Å². The second kappa shape index (κ2) is 6.76. The van der Waals surface area contributed by atoms with E-state index in [0.717, 1.165) is 5.56 Å². The van der Waals surface area contributed by atoms with Gasteiger partial charge in [0, 0.05) is 5.56 Å². The first-order chi connectivity index (χ1) is 10.2. The zero-order valence-electron chi connectivity index (χ0n) is 11.7.